The Morgan fingerprint density at radius 3 is 2.76 bits per heavy atom. The summed E-state index contributed by atoms with van der Waals surface area (Å²) in [5.74, 6) is 0.555. The van der Waals surface area contributed by atoms with Gasteiger partial charge in [0.2, 0.25) is 0 Å². The maximum atomic E-state index is 6.08. The lowest BCUT2D eigenvalue weighted by molar-refractivity contribution is -0.914. The number of fused-ring (bicyclic) bond motifs is 1. The van der Waals surface area contributed by atoms with Crippen molar-refractivity contribution >= 4 is 11.2 Å². The van der Waals surface area contributed by atoms with E-state index in [1.807, 2.05) is 24.4 Å². The number of hydrogen-bond donors (Lipinski definition) is 1. The Hall–Kier alpha value is -1.46. The average molecular weight is 311 g/mol. The maximum absolute atomic E-state index is 6.08. The number of anilines is 1. The second-order valence-corrected chi connectivity index (χ2v) is 5.95. The molecule has 3 heterocycles. The highest BCUT2D eigenvalue weighted by Crippen LogP contribution is 2.25. The zero-order valence-corrected chi connectivity index (χ0v) is 13.2. The third-order valence-electron chi connectivity index (χ3n) is 4.31. The topological polar surface area (TPSA) is 52.5 Å². The van der Waals surface area contributed by atoms with E-state index in [2.05, 4.69) is 12.1 Å². The summed E-state index contributed by atoms with van der Waals surface area (Å²) in [6.07, 6.45) is 5.91. The minimum Gasteiger partial charge on any atom is -1.00 e. The Kier molecular flexibility index (Phi) is 4.96. The van der Waals surface area contributed by atoms with Gasteiger partial charge >= 0.3 is 0 Å². The molecule has 116 valence electrons. The molecule has 0 aliphatic carbocycles. The molecule has 1 saturated heterocycles. The molecule has 0 amide bonds. The van der Waals surface area contributed by atoms with E-state index in [0.717, 1.165) is 16.5 Å². The van der Waals surface area contributed by atoms with Crippen LogP contribution in [-0.2, 0) is 0 Å². The van der Waals surface area contributed by atoms with Gasteiger partial charge in [0.15, 0.2) is 0 Å². The molecule has 2 aromatic rings. The van der Waals surface area contributed by atoms with Crippen LogP contribution in [0.5, 0.6) is 5.88 Å². The van der Waals surface area contributed by atoms with Crippen LogP contribution in [0.2, 0.25) is 0 Å². The van der Waals surface area contributed by atoms with Crippen LogP contribution in [0.15, 0.2) is 24.4 Å². The third kappa shape index (κ3) is 3.41. The Morgan fingerprint density at radius 2 is 2.05 bits per heavy atom. The predicted octanol–water partition coefficient (Wildman–Crippen LogP) is -1.07. The van der Waals surface area contributed by atoms with Gasteiger partial charge in [0, 0.05) is 6.20 Å². The fraction of sp³-hybridized carbons (Fsp3) is 0.533. The number of likely N-dealkylation sites (tertiary alicyclic amines) is 1. The van der Waals surface area contributed by atoms with E-state index < -0.39 is 0 Å². The number of aromatic nitrogens is 2. The highest BCUT2D eigenvalue weighted by atomic mass is 35.5. The number of nitrogens with zero attached hydrogens (tertiary/aromatic N) is 3. The van der Waals surface area contributed by atoms with Crippen LogP contribution in [0, 0.1) is 0 Å². The number of quaternary nitrogens is 1. The first kappa shape index (κ1) is 15.9. The van der Waals surface area contributed by atoms with E-state index in [4.69, 9.17) is 10.5 Å². The lowest BCUT2D eigenvalue weighted by atomic mass is 10.1. The summed E-state index contributed by atoms with van der Waals surface area (Å²) >= 11 is 0. The second kappa shape index (κ2) is 6.54. The molecule has 0 radical (unpaired) electrons. The van der Waals surface area contributed by atoms with E-state index in [1.165, 1.54) is 32.4 Å². The normalized spacial score (nSPS) is 17.4. The highest BCUT2D eigenvalue weighted by Gasteiger charge is 2.24. The van der Waals surface area contributed by atoms with Crippen LogP contribution >= 0.6 is 0 Å². The first-order valence-electron chi connectivity index (χ1n) is 7.37. The summed E-state index contributed by atoms with van der Waals surface area (Å²) in [5, 5.41) is 4.38. The van der Waals surface area contributed by atoms with Gasteiger partial charge in [0.1, 0.15) is 18.8 Å². The molecule has 0 bridgehead atoms. The zero-order valence-electron chi connectivity index (χ0n) is 12.5. The number of likely N-dealkylation sites (N-methyl/N-ethyl adjacent to an activating group) is 1. The molecule has 0 saturated carbocycles. The number of ether oxygens (including phenoxy) is 1. The van der Waals surface area contributed by atoms with Crippen LogP contribution < -0.4 is 22.9 Å². The van der Waals surface area contributed by atoms with Gasteiger partial charge in [-0.2, -0.15) is 0 Å². The van der Waals surface area contributed by atoms with Gasteiger partial charge in [-0.1, -0.05) is 6.07 Å². The molecule has 0 spiro atoms. The van der Waals surface area contributed by atoms with Gasteiger partial charge in [0.25, 0.3) is 5.88 Å². The van der Waals surface area contributed by atoms with Gasteiger partial charge in [-0.05, 0) is 31.4 Å². The fourth-order valence-corrected chi connectivity index (χ4v) is 2.96. The molecule has 0 unspecified atom stereocenters. The van der Waals surface area contributed by atoms with Crippen LogP contribution in [0.3, 0.4) is 0 Å². The first-order valence-corrected chi connectivity index (χ1v) is 7.37. The Labute approximate surface area is 131 Å². The van der Waals surface area contributed by atoms with Crippen LogP contribution in [0.4, 0.5) is 5.69 Å². The van der Waals surface area contributed by atoms with Crippen molar-refractivity contribution in [3.63, 3.8) is 0 Å². The fourth-order valence-electron chi connectivity index (χ4n) is 2.96. The van der Waals surface area contributed by atoms with E-state index in [-0.39, 0.29) is 12.4 Å². The number of nitrogens with two attached hydrogens (primary N) is 1. The van der Waals surface area contributed by atoms with E-state index in [1.54, 1.807) is 4.52 Å². The maximum Gasteiger partial charge on any atom is 0.257 e. The Morgan fingerprint density at radius 1 is 1.29 bits per heavy atom. The molecular weight excluding hydrogens is 288 g/mol. The van der Waals surface area contributed by atoms with Crippen molar-refractivity contribution in [1.82, 2.24) is 9.61 Å². The number of halogens is 1. The van der Waals surface area contributed by atoms with Gasteiger partial charge in [-0.25, -0.2) is 4.52 Å². The molecule has 2 N–H and O–H groups in total. The molecule has 1 fully saturated rings. The van der Waals surface area contributed by atoms with Gasteiger partial charge in [0.05, 0.1) is 25.7 Å². The van der Waals surface area contributed by atoms with Crippen LogP contribution in [0.1, 0.15) is 19.3 Å². The van der Waals surface area contributed by atoms with Crippen molar-refractivity contribution in [2.45, 2.75) is 19.3 Å². The van der Waals surface area contributed by atoms with E-state index in [9.17, 15) is 0 Å². The average Bonchev–Trinajstić information content (AvgIpc) is 2.77. The largest absolute Gasteiger partial charge is 1.00 e. The Bertz CT molecular complexity index is 592. The number of rotatable bonds is 4. The van der Waals surface area contributed by atoms with Crippen molar-refractivity contribution in [1.29, 1.82) is 0 Å². The smallest absolute Gasteiger partial charge is 0.257 e. The summed E-state index contributed by atoms with van der Waals surface area (Å²) in [6.45, 7) is 4.20. The van der Waals surface area contributed by atoms with Crippen molar-refractivity contribution in [3.8, 4) is 5.88 Å². The summed E-state index contributed by atoms with van der Waals surface area (Å²) in [5.41, 5.74) is 7.61. The second-order valence-electron chi connectivity index (χ2n) is 5.95. The zero-order chi connectivity index (χ0) is 14.0. The van der Waals surface area contributed by atoms with Crippen molar-refractivity contribution < 1.29 is 21.6 Å². The molecule has 5 nitrogen and oxygen atoms in total. The number of pyridine rings is 1. The Balaban J connectivity index is 0.00000161. The number of nitrogen functional groups attached to an aromatic ring is 1. The predicted molar refractivity (Wildman–Crippen MR) is 79.7 cm³/mol. The van der Waals surface area contributed by atoms with Crippen LogP contribution in [0.25, 0.3) is 5.52 Å². The minimum atomic E-state index is 0. The molecule has 3 rings (SSSR count). The molecule has 0 atom stereocenters. The highest BCUT2D eigenvalue weighted by molar-refractivity contribution is 5.74. The van der Waals surface area contributed by atoms with Gasteiger partial charge in [-0.3, -0.25) is 0 Å². The SMILES string of the molecule is C[N+]1(CCOc2nn3ccccc3c2N)CCCCC1.[Cl-]. The quantitative estimate of drug-likeness (QED) is 0.732. The number of piperidine rings is 1. The first-order chi connectivity index (χ1) is 9.68. The number of hydrogen-bond acceptors (Lipinski definition) is 3. The van der Waals surface area contributed by atoms with Crippen molar-refractivity contribution in [2.75, 3.05) is 39.0 Å². The van der Waals surface area contributed by atoms with E-state index in [0.29, 0.717) is 18.2 Å². The lowest BCUT2D eigenvalue weighted by Gasteiger charge is -2.37. The minimum absolute atomic E-state index is 0. The van der Waals surface area contributed by atoms with Crippen molar-refractivity contribution in [3.05, 3.63) is 24.4 Å². The standard InChI is InChI=1S/C15H23N4O.ClH/c1-19(9-5-2-6-10-19)11-12-20-15-14(16)13-7-3-4-8-18(13)17-15;/h3-4,7-8H,2,5-6,9-12,16H2,1H3;1H/q+1;/p-1. The molecule has 1 aliphatic rings. The summed E-state index contributed by atoms with van der Waals surface area (Å²) < 4.78 is 8.69. The van der Waals surface area contributed by atoms with Gasteiger partial charge < -0.3 is 27.4 Å². The van der Waals surface area contributed by atoms with E-state index >= 15 is 0 Å². The molecular formula is C15H23ClN4O. The molecule has 21 heavy (non-hydrogen) atoms. The monoisotopic (exact) mass is 310 g/mol. The third-order valence-corrected chi connectivity index (χ3v) is 4.31. The van der Waals surface area contributed by atoms with Crippen molar-refractivity contribution in [2.24, 2.45) is 0 Å². The van der Waals surface area contributed by atoms with Gasteiger partial charge in [-0.15, -0.1) is 5.10 Å². The van der Waals surface area contributed by atoms with Crippen LogP contribution in [-0.4, -0.2) is 47.4 Å². The summed E-state index contributed by atoms with van der Waals surface area (Å²) in [4.78, 5) is 0. The molecule has 0 aromatic carbocycles. The molecule has 2 aromatic heterocycles. The summed E-state index contributed by atoms with van der Waals surface area (Å²) in [6, 6.07) is 5.84. The molecule has 6 heteroatoms. The lowest BCUT2D eigenvalue weighted by Crippen LogP contribution is -3.00. The summed E-state index contributed by atoms with van der Waals surface area (Å²) in [7, 11) is 2.32. The molecule has 1 aliphatic heterocycles.